The Kier molecular flexibility index (Phi) is 3.76. The third-order valence-corrected chi connectivity index (χ3v) is 2.31. The Labute approximate surface area is 106 Å². The van der Waals surface area contributed by atoms with Gasteiger partial charge in [-0.05, 0) is 35.9 Å². The van der Waals surface area contributed by atoms with Crippen molar-refractivity contribution < 1.29 is 9.53 Å². The van der Waals surface area contributed by atoms with Crippen LogP contribution in [0.5, 0.6) is 5.75 Å². The Bertz CT molecular complexity index is 544. The third kappa shape index (κ3) is 3.49. The van der Waals surface area contributed by atoms with Crippen LogP contribution in [-0.2, 0) is 4.79 Å². The number of hydrogen-bond acceptors (Lipinski definition) is 3. The molecule has 0 atom stereocenters. The lowest BCUT2D eigenvalue weighted by Gasteiger charge is -2.01. The zero-order chi connectivity index (χ0) is 12.8. The van der Waals surface area contributed by atoms with E-state index in [-0.39, 0.29) is 0 Å². The SMILES string of the molecule is Nc1ccc(OC(=O)/C=C/c2ccccc2)cc1. The number of carbonyl (C=O) groups excluding carboxylic acids is 1. The van der Waals surface area contributed by atoms with Gasteiger partial charge in [0.1, 0.15) is 5.75 Å². The molecule has 2 aromatic rings. The molecule has 0 saturated carbocycles. The van der Waals surface area contributed by atoms with E-state index in [1.807, 2.05) is 30.3 Å². The molecule has 0 saturated heterocycles. The van der Waals surface area contributed by atoms with Gasteiger partial charge in [0.15, 0.2) is 0 Å². The van der Waals surface area contributed by atoms with E-state index in [1.54, 1.807) is 30.3 Å². The minimum atomic E-state index is -0.413. The van der Waals surface area contributed by atoms with Crippen molar-refractivity contribution in [3.05, 3.63) is 66.2 Å². The Hall–Kier alpha value is -2.55. The van der Waals surface area contributed by atoms with Crippen LogP contribution in [0.2, 0.25) is 0 Å². The standard InChI is InChI=1S/C15H13NO2/c16-13-7-9-14(10-8-13)18-15(17)11-6-12-4-2-1-3-5-12/h1-11H,16H2/b11-6+. The lowest BCUT2D eigenvalue weighted by Crippen LogP contribution is -2.03. The molecule has 0 heterocycles. The fourth-order valence-corrected chi connectivity index (χ4v) is 1.41. The van der Waals surface area contributed by atoms with E-state index >= 15 is 0 Å². The molecule has 0 amide bonds. The van der Waals surface area contributed by atoms with Crippen LogP contribution in [0.25, 0.3) is 6.08 Å². The van der Waals surface area contributed by atoms with Crippen molar-refractivity contribution in [2.24, 2.45) is 0 Å². The van der Waals surface area contributed by atoms with Gasteiger partial charge in [0.2, 0.25) is 0 Å². The first-order valence-electron chi connectivity index (χ1n) is 5.54. The van der Waals surface area contributed by atoms with Crippen molar-refractivity contribution in [1.29, 1.82) is 0 Å². The highest BCUT2D eigenvalue weighted by Crippen LogP contribution is 2.13. The van der Waals surface area contributed by atoms with Gasteiger partial charge in [-0.15, -0.1) is 0 Å². The van der Waals surface area contributed by atoms with E-state index in [9.17, 15) is 4.79 Å². The predicted molar refractivity (Wildman–Crippen MR) is 72.0 cm³/mol. The van der Waals surface area contributed by atoms with Crippen LogP contribution in [0.15, 0.2) is 60.7 Å². The van der Waals surface area contributed by atoms with E-state index in [4.69, 9.17) is 10.5 Å². The van der Waals surface area contributed by atoms with Crippen LogP contribution in [0, 0.1) is 0 Å². The number of hydrogen-bond donors (Lipinski definition) is 1. The van der Waals surface area contributed by atoms with Crippen molar-refractivity contribution >= 4 is 17.7 Å². The highest BCUT2D eigenvalue weighted by atomic mass is 16.5. The lowest BCUT2D eigenvalue weighted by molar-refractivity contribution is -0.128. The van der Waals surface area contributed by atoms with Gasteiger partial charge in [-0.3, -0.25) is 0 Å². The minimum Gasteiger partial charge on any atom is -0.423 e. The Morgan fingerprint density at radius 1 is 1.00 bits per heavy atom. The van der Waals surface area contributed by atoms with Crippen molar-refractivity contribution in [1.82, 2.24) is 0 Å². The highest BCUT2D eigenvalue weighted by molar-refractivity contribution is 5.88. The summed E-state index contributed by atoms with van der Waals surface area (Å²) in [6.45, 7) is 0. The van der Waals surface area contributed by atoms with Crippen LogP contribution in [0.3, 0.4) is 0 Å². The summed E-state index contributed by atoms with van der Waals surface area (Å²) in [5, 5.41) is 0. The molecule has 0 aliphatic rings. The molecule has 2 aromatic carbocycles. The average Bonchev–Trinajstić information content (AvgIpc) is 2.40. The summed E-state index contributed by atoms with van der Waals surface area (Å²) >= 11 is 0. The highest BCUT2D eigenvalue weighted by Gasteiger charge is 1.99. The number of benzene rings is 2. The van der Waals surface area contributed by atoms with Crippen LogP contribution in [0.4, 0.5) is 5.69 Å². The molecule has 0 spiro atoms. The van der Waals surface area contributed by atoms with Crippen molar-refractivity contribution in [2.75, 3.05) is 5.73 Å². The quantitative estimate of drug-likeness (QED) is 0.388. The maximum atomic E-state index is 11.5. The minimum absolute atomic E-state index is 0.413. The molecule has 0 unspecified atom stereocenters. The molecule has 90 valence electrons. The second kappa shape index (κ2) is 5.68. The Balaban J connectivity index is 1.97. The average molecular weight is 239 g/mol. The van der Waals surface area contributed by atoms with Gasteiger partial charge in [0.25, 0.3) is 0 Å². The number of rotatable bonds is 3. The molecule has 0 fully saturated rings. The summed E-state index contributed by atoms with van der Waals surface area (Å²) in [6, 6.07) is 16.2. The second-order valence-electron chi connectivity index (χ2n) is 3.73. The van der Waals surface area contributed by atoms with Crippen molar-refractivity contribution in [3.8, 4) is 5.75 Å². The van der Waals surface area contributed by atoms with Crippen LogP contribution in [-0.4, -0.2) is 5.97 Å². The van der Waals surface area contributed by atoms with E-state index in [0.717, 1.165) is 5.56 Å². The summed E-state index contributed by atoms with van der Waals surface area (Å²) in [7, 11) is 0. The van der Waals surface area contributed by atoms with E-state index in [0.29, 0.717) is 11.4 Å². The van der Waals surface area contributed by atoms with Gasteiger partial charge in [-0.2, -0.15) is 0 Å². The van der Waals surface area contributed by atoms with Crippen molar-refractivity contribution in [3.63, 3.8) is 0 Å². The third-order valence-electron chi connectivity index (χ3n) is 2.31. The normalized spacial score (nSPS) is 10.4. The monoisotopic (exact) mass is 239 g/mol. The largest absolute Gasteiger partial charge is 0.423 e. The molecule has 0 radical (unpaired) electrons. The molecule has 0 aliphatic heterocycles. The zero-order valence-corrected chi connectivity index (χ0v) is 9.74. The molecule has 2 N–H and O–H groups in total. The van der Waals surface area contributed by atoms with Crippen LogP contribution < -0.4 is 10.5 Å². The van der Waals surface area contributed by atoms with Crippen LogP contribution in [0.1, 0.15) is 5.56 Å². The maximum absolute atomic E-state index is 11.5. The number of carbonyl (C=O) groups is 1. The van der Waals surface area contributed by atoms with Gasteiger partial charge in [0, 0.05) is 11.8 Å². The lowest BCUT2D eigenvalue weighted by atomic mass is 10.2. The molecule has 0 aromatic heterocycles. The van der Waals surface area contributed by atoms with Gasteiger partial charge < -0.3 is 10.5 Å². The number of ether oxygens (including phenoxy) is 1. The maximum Gasteiger partial charge on any atom is 0.336 e. The Morgan fingerprint density at radius 3 is 2.33 bits per heavy atom. The first kappa shape index (κ1) is 11.9. The predicted octanol–water partition coefficient (Wildman–Crippen LogP) is 2.89. The van der Waals surface area contributed by atoms with Gasteiger partial charge in [-0.1, -0.05) is 30.3 Å². The second-order valence-corrected chi connectivity index (χ2v) is 3.73. The number of nitrogens with two attached hydrogens (primary N) is 1. The summed E-state index contributed by atoms with van der Waals surface area (Å²) < 4.78 is 5.11. The molecular formula is C15H13NO2. The molecule has 3 nitrogen and oxygen atoms in total. The van der Waals surface area contributed by atoms with E-state index < -0.39 is 5.97 Å². The van der Waals surface area contributed by atoms with Gasteiger partial charge in [0.05, 0.1) is 0 Å². The summed E-state index contributed by atoms with van der Waals surface area (Å²) in [5.74, 6) is 0.0653. The summed E-state index contributed by atoms with van der Waals surface area (Å²) in [4.78, 5) is 11.5. The Morgan fingerprint density at radius 2 is 1.67 bits per heavy atom. The van der Waals surface area contributed by atoms with E-state index in [2.05, 4.69) is 0 Å². The van der Waals surface area contributed by atoms with Gasteiger partial charge >= 0.3 is 5.97 Å². The molecule has 0 aliphatic carbocycles. The molecular weight excluding hydrogens is 226 g/mol. The molecule has 0 bridgehead atoms. The smallest absolute Gasteiger partial charge is 0.336 e. The van der Waals surface area contributed by atoms with E-state index in [1.165, 1.54) is 6.08 Å². The number of esters is 1. The number of anilines is 1. The topological polar surface area (TPSA) is 52.3 Å². The molecule has 3 heteroatoms. The van der Waals surface area contributed by atoms with Crippen LogP contribution >= 0.6 is 0 Å². The van der Waals surface area contributed by atoms with Gasteiger partial charge in [-0.25, -0.2) is 4.79 Å². The zero-order valence-electron chi connectivity index (χ0n) is 9.74. The van der Waals surface area contributed by atoms with Crippen molar-refractivity contribution in [2.45, 2.75) is 0 Å². The molecule has 2 rings (SSSR count). The fraction of sp³-hybridized carbons (Fsp3) is 0. The summed E-state index contributed by atoms with van der Waals surface area (Å²) in [6.07, 6.45) is 3.10. The first-order chi connectivity index (χ1) is 8.74. The fourth-order valence-electron chi connectivity index (χ4n) is 1.41. The molecule has 18 heavy (non-hydrogen) atoms. The summed E-state index contributed by atoms with van der Waals surface area (Å²) in [5.41, 5.74) is 7.12. The first-order valence-corrected chi connectivity index (χ1v) is 5.54. The number of nitrogen functional groups attached to an aromatic ring is 1.